The maximum Gasteiger partial charge on any atom is 0.155 e. The molecular formula is C12H11ClN6. The Balaban J connectivity index is 1.84. The van der Waals surface area contributed by atoms with Crippen LogP contribution in [-0.2, 0) is 6.54 Å². The molecule has 0 saturated carbocycles. The van der Waals surface area contributed by atoms with Gasteiger partial charge in [-0.25, -0.2) is 19.5 Å². The molecule has 96 valence electrons. The number of anilines is 1. The first kappa shape index (κ1) is 11.9. The van der Waals surface area contributed by atoms with Crippen LogP contribution in [0, 0.1) is 6.92 Å². The smallest absolute Gasteiger partial charge is 0.155 e. The molecule has 0 spiro atoms. The van der Waals surface area contributed by atoms with Crippen molar-refractivity contribution in [3.8, 4) is 0 Å². The lowest BCUT2D eigenvalue weighted by Crippen LogP contribution is -2.08. The zero-order valence-corrected chi connectivity index (χ0v) is 11.0. The molecule has 0 aliphatic rings. The van der Waals surface area contributed by atoms with Crippen molar-refractivity contribution in [1.29, 1.82) is 0 Å². The van der Waals surface area contributed by atoms with Crippen LogP contribution in [0.1, 0.15) is 11.5 Å². The molecule has 3 aromatic rings. The number of nitrogens with zero attached hydrogens (tertiary/aromatic N) is 5. The minimum atomic E-state index is 0.425. The van der Waals surface area contributed by atoms with Gasteiger partial charge >= 0.3 is 0 Å². The van der Waals surface area contributed by atoms with Crippen LogP contribution in [0.25, 0.3) is 5.65 Å². The first-order valence-corrected chi connectivity index (χ1v) is 6.13. The summed E-state index contributed by atoms with van der Waals surface area (Å²) in [6.45, 7) is 2.38. The summed E-state index contributed by atoms with van der Waals surface area (Å²) in [6.07, 6.45) is 3.48. The van der Waals surface area contributed by atoms with Crippen LogP contribution in [0.15, 0.2) is 30.6 Å². The van der Waals surface area contributed by atoms with Gasteiger partial charge in [-0.2, -0.15) is 5.10 Å². The fourth-order valence-corrected chi connectivity index (χ4v) is 2.05. The predicted octanol–water partition coefficient (Wildman–Crippen LogP) is 2.09. The van der Waals surface area contributed by atoms with Gasteiger partial charge < -0.3 is 5.32 Å². The number of aryl methyl sites for hydroxylation is 1. The van der Waals surface area contributed by atoms with Crippen LogP contribution in [0.3, 0.4) is 0 Å². The zero-order valence-electron chi connectivity index (χ0n) is 10.2. The summed E-state index contributed by atoms with van der Waals surface area (Å²) >= 11 is 5.89. The molecule has 0 atom stereocenters. The summed E-state index contributed by atoms with van der Waals surface area (Å²) in [4.78, 5) is 12.5. The number of nitrogens with one attached hydrogen (secondary N) is 1. The quantitative estimate of drug-likeness (QED) is 0.741. The number of hydrogen-bond acceptors (Lipinski definition) is 5. The molecule has 0 unspecified atom stereocenters. The Bertz CT molecular complexity index is 703. The molecule has 0 amide bonds. The molecule has 0 fully saturated rings. The molecule has 7 heteroatoms. The normalized spacial score (nSPS) is 10.8. The highest BCUT2D eigenvalue weighted by atomic mass is 35.5. The third kappa shape index (κ3) is 2.48. The van der Waals surface area contributed by atoms with E-state index < -0.39 is 0 Å². The number of fused-ring (bicyclic) bond motifs is 1. The average molecular weight is 275 g/mol. The molecule has 3 aromatic heterocycles. The second-order valence-electron chi connectivity index (χ2n) is 4.01. The highest BCUT2D eigenvalue weighted by Gasteiger charge is 2.03. The first-order chi connectivity index (χ1) is 9.22. The molecule has 3 heterocycles. The fourth-order valence-electron chi connectivity index (χ4n) is 1.82. The Morgan fingerprint density at radius 2 is 2.16 bits per heavy atom. The Hall–Kier alpha value is -2.21. The Labute approximate surface area is 114 Å². The summed E-state index contributed by atoms with van der Waals surface area (Å²) in [5, 5.41) is 7.85. The van der Waals surface area contributed by atoms with Crippen molar-refractivity contribution in [2.75, 3.05) is 5.32 Å². The van der Waals surface area contributed by atoms with E-state index in [1.165, 1.54) is 0 Å². The molecule has 0 aromatic carbocycles. The topological polar surface area (TPSA) is 68.0 Å². The van der Waals surface area contributed by atoms with Gasteiger partial charge in [0.1, 0.15) is 16.8 Å². The van der Waals surface area contributed by atoms with E-state index in [4.69, 9.17) is 11.6 Å². The molecule has 3 rings (SSSR count). The maximum absolute atomic E-state index is 5.89. The lowest BCUT2D eigenvalue weighted by Gasteiger charge is -2.08. The van der Waals surface area contributed by atoms with E-state index in [-0.39, 0.29) is 0 Å². The number of aromatic nitrogens is 5. The molecule has 0 aliphatic heterocycles. The van der Waals surface area contributed by atoms with E-state index >= 15 is 0 Å². The van der Waals surface area contributed by atoms with Crippen LogP contribution in [0.4, 0.5) is 5.82 Å². The monoisotopic (exact) mass is 274 g/mol. The summed E-state index contributed by atoms with van der Waals surface area (Å²) in [7, 11) is 0. The van der Waals surface area contributed by atoms with Gasteiger partial charge in [-0.05, 0) is 13.0 Å². The fraction of sp³-hybridized carbons (Fsp3) is 0.167. The molecule has 0 radical (unpaired) electrons. The summed E-state index contributed by atoms with van der Waals surface area (Å²) in [5.41, 5.74) is 1.80. The lowest BCUT2D eigenvalue weighted by molar-refractivity contribution is 0.850. The zero-order chi connectivity index (χ0) is 13.2. The van der Waals surface area contributed by atoms with Gasteiger partial charge in [-0.1, -0.05) is 11.6 Å². The molecule has 6 nitrogen and oxygen atoms in total. The molecule has 0 saturated heterocycles. The highest BCUT2D eigenvalue weighted by Crippen LogP contribution is 2.12. The Morgan fingerprint density at radius 1 is 1.26 bits per heavy atom. The number of halogens is 1. The standard InChI is InChI=1S/C12H11ClN6/c1-8-17-10(13)6-11(18-8)15-7-9-2-4-14-12-3-5-16-19(9)12/h2-6H,7H2,1H3,(H,15,17,18). The molecule has 1 N–H and O–H groups in total. The number of hydrogen-bond donors (Lipinski definition) is 1. The van der Waals surface area contributed by atoms with E-state index in [0.717, 1.165) is 11.3 Å². The van der Waals surface area contributed by atoms with Crippen LogP contribution < -0.4 is 5.32 Å². The summed E-state index contributed by atoms with van der Waals surface area (Å²) < 4.78 is 1.78. The van der Waals surface area contributed by atoms with Crippen molar-refractivity contribution in [2.45, 2.75) is 13.5 Å². The molecular weight excluding hydrogens is 264 g/mol. The Morgan fingerprint density at radius 3 is 3.00 bits per heavy atom. The van der Waals surface area contributed by atoms with Crippen molar-refractivity contribution in [3.63, 3.8) is 0 Å². The van der Waals surface area contributed by atoms with Crippen molar-refractivity contribution >= 4 is 23.1 Å². The van der Waals surface area contributed by atoms with E-state index in [2.05, 4.69) is 25.4 Å². The largest absolute Gasteiger partial charge is 0.364 e. The van der Waals surface area contributed by atoms with E-state index in [9.17, 15) is 0 Å². The van der Waals surface area contributed by atoms with Crippen molar-refractivity contribution in [3.05, 3.63) is 47.3 Å². The third-order valence-corrected chi connectivity index (χ3v) is 2.82. The van der Waals surface area contributed by atoms with Gasteiger partial charge in [0.05, 0.1) is 18.4 Å². The predicted molar refractivity (Wildman–Crippen MR) is 72.1 cm³/mol. The van der Waals surface area contributed by atoms with Crippen LogP contribution in [0.2, 0.25) is 5.15 Å². The van der Waals surface area contributed by atoms with E-state index in [0.29, 0.717) is 23.3 Å². The molecule has 0 aliphatic carbocycles. The third-order valence-electron chi connectivity index (χ3n) is 2.63. The van der Waals surface area contributed by atoms with Crippen molar-refractivity contribution in [1.82, 2.24) is 24.6 Å². The minimum absolute atomic E-state index is 0.425. The highest BCUT2D eigenvalue weighted by molar-refractivity contribution is 6.29. The average Bonchev–Trinajstić information content (AvgIpc) is 2.83. The second kappa shape index (κ2) is 4.81. The summed E-state index contributed by atoms with van der Waals surface area (Å²) in [6, 6.07) is 5.45. The SMILES string of the molecule is Cc1nc(Cl)cc(NCc2ccnc3ccnn23)n1. The molecule has 0 bridgehead atoms. The van der Waals surface area contributed by atoms with Gasteiger partial charge in [0.25, 0.3) is 0 Å². The summed E-state index contributed by atoms with van der Waals surface area (Å²) in [5.74, 6) is 1.32. The Kier molecular flexibility index (Phi) is 3.00. The minimum Gasteiger partial charge on any atom is -0.364 e. The van der Waals surface area contributed by atoms with Crippen LogP contribution in [0.5, 0.6) is 0 Å². The van der Waals surface area contributed by atoms with Gasteiger partial charge in [0.15, 0.2) is 5.65 Å². The van der Waals surface area contributed by atoms with E-state index in [1.54, 1.807) is 29.9 Å². The lowest BCUT2D eigenvalue weighted by atomic mass is 10.4. The van der Waals surface area contributed by atoms with Gasteiger partial charge in [0.2, 0.25) is 0 Å². The van der Waals surface area contributed by atoms with Crippen LogP contribution in [-0.4, -0.2) is 24.6 Å². The molecule has 19 heavy (non-hydrogen) atoms. The van der Waals surface area contributed by atoms with Crippen molar-refractivity contribution < 1.29 is 0 Å². The maximum atomic E-state index is 5.89. The van der Waals surface area contributed by atoms with Crippen molar-refractivity contribution in [2.24, 2.45) is 0 Å². The van der Waals surface area contributed by atoms with Gasteiger partial charge in [0, 0.05) is 18.3 Å². The van der Waals surface area contributed by atoms with Crippen LogP contribution >= 0.6 is 11.6 Å². The van der Waals surface area contributed by atoms with Gasteiger partial charge in [-0.3, -0.25) is 0 Å². The second-order valence-corrected chi connectivity index (χ2v) is 4.40. The van der Waals surface area contributed by atoms with E-state index in [1.807, 2.05) is 12.1 Å². The number of rotatable bonds is 3. The first-order valence-electron chi connectivity index (χ1n) is 5.75. The van der Waals surface area contributed by atoms with Gasteiger partial charge in [-0.15, -0.1) is 0 Å².